The Morgan fingerprint density at radius 3 is 2.36 bits per heavy atom. The van der Waals surface area contributed by atoms with Crippen LogP contribution in [0.1, 0.15) is 27.2 Å². The Kier molecular flexibility index (Phi) is 7.09. The molecule has 0 saturated carbocycles. The van der Waals surface area contributed by atoms with Gasteiger partial charge in [0.2, 0.25) is 0 Å². The molecule has 0 aliphatic carbocycles. The number of likely N-dealkylation sites (N-methyl/N-ethyl adjacent to an activating group) is 1. The summed E-state index contributed by atoms with van der Waals surface area (Å²) in [5.74, 6) is 0. The van der Waals surface area contributed by atoms with Crippen LogP contribution in [0.3, 0.4) is 0 Å². The number of ether oxygens (including phenoxy) is 1. The van der Waals surface area contributed by atoms with Gasteiger partial charge in [0.25, 0.3) is 0 Å². The quantitative estimate of drug-likeness (QED) is 0.594. The monoisotopic (exact) mass is 203 g/mol. The van der Waals surface area contributed by atoms with Crippen molar-refractivity contribution in [2.45, 2.75) is 45.7 Å². The molecule has 86 valence electrons. The third-order valence-corrected chi connectivity index (χ3v) is 2.36. The molecule has 0 aliphatic rings. The van der Waals surface area contributed by atoms with Gasteiger partial charge in [-0.1, -0.05) is 6.92 Å². The summed E-state index contributed by atoms with van der Waals surface area (Å²) in [5, 5.41) is 3.29. The number of nitrogens with one attached hydrogen (secondary N) is 1. The molecule has 0 amide bonds. The summed E-state index contributed by atoms with van der Waals surface area (Å²) in [6.07, 6.45) is 0.703. The molecule has 0 radical (unpaired) electrons. The Morgan fingerprint density at radius 1 is 1.36 bits per heavy atom. The van der Waals surface area contributed by atoms with Gasteiger partial charge >= 0.3 is 0 Å². The largest absolute Gasteiger partial charge is 0.346 e. The molecule has 3 atom stereocenters. The highest BCUT2D eigenvalue weighted by molar-refractivity contribution is 4.63. The summed E-state index contributed by atoms with van der Waals surface area (Å²) in [6, 6.07) is 0.499. The summed E-state index contributed by atoms with van der Waals surface area (Å²) >= 11 is 0. The number of hydrogen-bond donors (Lipinski definition) is 2. The van der Waals surface area contributed by atoms with Crippen LogP contribution in [0.25, 0.3) is 0 Å². The fourth-order valence-electron chi connectivity index (χ4n) is 0.926. The van der Waals surface area contributed by atoms with Gasteiger partial charge in [0.15, 0.2) is 0 Å². The summed E-state index contributed by atoms with van der Waals surface area (Å²) in [6.45, 7) is 7.07. The van der Waals surface area contributed by atoms with E-state index in [1.807, 2.05) is 13.8 Å². The third-order valence-electron chi connectivity index (χ3n) is 2.36. The van der Waals surface area contributed by atoms with Gasteiger partial charge in [-0.05, 0) is 34.4 Å². The van der Waals surface area contributed by atoms with Crippen molar-refractivity contribution in [3.63, 3.8) is 0 Å². The molecule has 0 saturated heterocycles. The summed E-state index contributed by atoms with van der Waals surface area (Å²) in [5.41, 5.74) is 5.67. The first-order valence-electron chi connectivity index (χ1n) is 5.28. The average Bonchev–Trinajstić information content (AvgIpc) is 2.13. The Hall–Kier alpha value is -0.160. The van der Waals surface area contributed by atoms with E-state index in [-0.39, 0.29) is 12.5 Å². The topological polar surface area (TPSA) is 50.5 Å². The van der Waals surface area contributed by atoms with Gasteiger partial charge in [0, 0.05) is 12.6 Å². The van der Waals surface area contributed by atoms with Crippen molar-refractivity contribution in [1.82, 2.24) is 10.2 Å². The lowest BCUT2D eigenvalue weighted by Gasteiger charge is -2.24. The minimum Gasteiger partial charge on any atom is -0.346 e. The Morgan fingerprint density at radius 2 is 1.93 bits per heavy atom. The molecule has 0 spiro atoms. The summed E-state index contributed by atoms with van der Waals surface area (Å²) in [4.78, 5) is 2.17. The zero-order valence-corrected chi connectivity index (χ0v) is 10.1. The van der Waals surface area contributed by atoms with Gasteiger partial charge in [0.1, 0.15) is 12.5 Å². The zero-order valence-electron chi connectivity index (χ0n) is 10.1. The van der Waals surface area contributed by atoms with Gasteiger partial charge in [-0.2, -0.15) is 0 Å². The lowest BCUT2D eigenvalue weighted by atomic mass is 10.3. The molecule has 0 aromatic heterocycles. The van der Waals surface area contributed by atoms with Gasteiger partial charge in [-0.25, -0.2) is 0 Å². The van der Waals surface area contributed by atoms with Crippen LogP contribution in [0, 0.1) is 0 Å². The van der Waals surface area contributed by atoms with Crippen LogP contribution in [0.4, 0.5) is 0 Å². The number of rotatable bonds is 7. The van der Waals surface area contributed by atoms with Gasteiger partial charge in [-0.15, -0.1) is 0 Å². The Labute approximate surface area is 87.8 Å². The Bertz CT molecular complexity index is 141. The van der Waals surface area contributed by atoms with E-state index in [9.17, 15) is 0 Å². The lowest BCUT2D eigenvalue weighted by Crippen LogP contribution is -2.42. The van der Waals surface area contributed by atoms with Gasteiger partial charge < -0.3 is 15.4 Å². The van der Waals surface area contributed by atoms with E-state index in [4.69, 9.17) is 10.5 Å². The molecule has 14 heavy (non-hydrogen) atoms. The molecule has 4 nitrogen and oxygen atoms in total. The molecule has 3 unspecified atom stereocenters. The van der Waals surface area contributed by atoms with Crippen LogP contribution in [-0.2, 0) is 4.74 Å². The highest BCUT2D eigenvalue weighted by Crippen LogP contribution is 1.95. The van der Waals surface area contributed by atoms with E-state index >= 15 is 0 Å². The second kappa shape index (κ2) is 7.17. The van der Waals surface area contributed by atoms with E-state index in [2.05, 4.69) is 31.2 Å². The fourth-order valence-corrected chi connectivity index (χ4v) is 0.926. The maximum atomic E-state index is 5.67. The molecule has 0 bridgehead atoms. The minimum atomic E-state index is -0.160. The minimum absolute atomic E-state index is 0.0207. The van der Waals surface area contributed by atoms with Crippen molar-refractivity contribution < 1.29 is 4.74 Å². The molecular weight excluding hydrogens is 178 g/mol. The second-order valence-electron chi connectivity index (χ2n) is 3.95. The number of nitrogens with two attached hydrogens (primary N) is 1. The highest BCUT2D eigenvalue weighted by atomic mass is 16.5. The van der Waals surface area contributed by atoms with E-state index in [1.54, 1.807) is 0 Å². The summed E-state index contributed by atoms with van der Waals surface area (Å²) < 4.78 is 5.48. The maximum absolute atomic E-state index is 5.67. The van der Waals surface area contributed by atoms with E-state index in [0.717, 1.165) is 13.0 Å². The molecule has 0 aromatic rings. The third kappa shape index (κ3) is 6.32. The van der Waals surface area contributed by atoms with Crippen molar-refractivity contribution in [2.24, 2.45) is 5.73 Å². The molecule has 4 heteroatoms. The highest BCUT2D eigenvalue weighted by Gasteiger charge is 2.09. The van der Waals surface area contributed by atoms with Crippen molar-refractivity contribution in [1.29, 1.82) is 0 Å². The van der Waals surface area contributed by atoms with Gasteiger partial charge in [-0.3, -0.25) is 5.32 Å². The summed E-state index contributed by atoms with van der Waals surface area (Å²) in [7, 11) is 4.13. The first-order chi connectivity index (χ1) is 6.47. The molecule has 0 aliphatic heterocycles. The smallest absolute Gasteiger partial charge is 0.107 e. The second-order valence-corrected chi connectivity index (χ2v) is 3.95. The lowest BCUT2D eigenvalue weighted by molar-refractivity contribution is -0.0200. The predicted molar refractivity (Wildman–Crippen MR) is 60.0 cm³/mol. The SMILES string of the molecule is CCC(N)OC(C)NCC(C)N(C)C. The van der Waals surface area contributed by atoms with Gasteiger partial charge in [0.05, 0.1) is 0 Å². The van der Waals surface area contributed by atoms with Crippen molar-refractivity contribution in [3.8, 4) is 0 Å². The first kappa shape index (κ1) is 13.8. The van der Waals surface area contributed by atoms with Crippen molar-refractivity contribution >= 4 is 0 Å². The number of nitrogens with zero attached hydrogens (tertiary/aromatic N) is 1. The van der Waals surface area contributed by atoms with Crippen LogP contribution in [-0.4, -0.2) is 44.0 Å². The zero-order chi connectivity index (χ0) is 11.1. The van der Waals surface area contributed by atoms with E-state index in [1.165, 1.54) is 0 Å². The van der Waals surface area contributed by atoms with Crippen LogP contribution in [0.2, 0.25) is 0 Å². The van der Waals surface area contributed by atoms with E-state index in [0.29, 0.717) is 6.04 Å². The molecule has 0 fully saturated rings. The maximum Gasteiger partial charge on any atom is 0.107 e. The normalized spacial score (nSPS) is 18.2. The van der Waals surface area contributed by atoms with Crippen molar-refractivity contribution in [3.05, 3.63) is 0 Å². The van der Waals surface area contributed by atoms with Crippen molar-refractivity contribution in [2.75, 3.05) is 20.6 Å². The molecular formula is C10H25N3O. The average molecular weight is 203 g/mol. The van der Waals surface area contributed by atoms with Crippen LogP contribution >= 0.6 is 0 Å². The molecule has 3 N–H and O–H groups in total. The van der Waals surface area contributed by atoms with Crippen LogP contribution in [0.5, 0.6) is 0 Å². The predicted octanol–water partition coefficient (Wildman–Crippen LogP) is 0.584. The molecule has 0 rings (SSSR count). The fraction of sp³-hybridized carbons (Fsp3) is 1.00. The standard InChI is InChI=1S/C10H25N3O/c1-6-10(11)14-9(3)12-7-8(2)13(4)5/h8-10,12H,6-7,11H2,1-5H3. The first-order valence-corrected chi connectivity index (χ1v) is 5.28. The van der Waals surface area contributed by atoms with Crippen LogP contribution < -0.4 is 11.1 Å². The van der Waals surface area contributed by atoms with Crippen LogP contribution in [0.15, 0.2) is 0 Å². The molecule has 0 heterocycles. The van der Waals surface area contributed by atoms with E-state index < -0.39 is 0 Å². The number of hydrogen-bond acceptors (Lipinski definition) is 4. The Balaban J connectivity index is 3.58. The molecule has 0 aromatic carbocycles.